The Kier molecular flexibility index (Phi) is 3.45. The molecule has 2 aromatic carbocycles. The zero-order valence-electron chi connectivity index (χ0n) is 13.6. The number of pyridine rings is 1. The molecule has 2 aromatic heterocycles. The molecule has 2 heterocycles. The number of hydrogen-bond acceptors (Lipinski definition) is 4. The van der Waals surface area contributed by atoms with Crippen LogP contribution in [0.3, 0.4) is 0 Å². The van der Waals surface area contributed by atoms with Gasteiger partial charge in [0.1, 0.15) is 11.1 Å². The fourth-order valence-electron chi connectivity index (χ4n) is 2.80. The molecule has 24 heavy (non-hydrogen) atoms. The van der Waals surface area contributed by atoms with E-state index in [4.69, 9.17) is 14.1 Å². The maximum Gasteiger partial charge on any atom is 0.340 e. The van der Waals surface area contributed by atoms with Gasteiger partial charge in [0.05, 0.1) is 17.7 Å². The van der Waals surface area contributed by atoms with Crippen molar-refractivity contribution >= 4 is 38.9 Å². The summed E-state index contributed by atoms with van der Waals surface area (Å²) in [7, 11) is 0. The summed E-state index contributed by atoms with van der Waals surface area (Å²) in [5.74, 6) is -0.0460. The van der Waals surface area contributed by atoms with Gasteiger partial charge in [0.2, 0.25) is 0 Å². The summed E-state index contributed by atoms with van der Waals surface area (Å²) >= 11 is 0. The number of carbonyl (C=O) groups excluding carboxylic acids is 1. The number of para-hydroxylation sites is 2. The van der Waals surface area contributed by atoms with Crippen molar-refractivity contribution in [3.63, 3.8) is 0 Å². The predicted octanol–water partition coefficient (Wildman–Crippen LogP) is 4.95. The second kappa shape index (κ2) is 5.64. The summed E-state index contributed by atoms with van der Waals surface area (Å²) in [4.78, 5) is 17.1. The molecule has 0 radical (unpaired) electrons. The Bertz CT molecular complexity index is 1060. The Morgan fingerprint density at radius 1 is 1.08 bits per heavy atom. The van der Waals surface area contributed by atoms with Crippen LogP contribution in [0.1, 0.15) is 24.2 Å². The third kappa shape index (κ3) is 2.40. The van der Waals surface area contributed by atoms with Crippen LogP contribution in [0.15, 0.2) is 52.9 Å². The van der Waals surface area contributed by atoms with E-state index < -0.39 is 0 Å². The summed E-state index contributed by atoms with van der Waals surface area (Å²) in [5, 5.41) is 1.81. The fourth-order valence-corrected chi connectivity index (χ4v) is 2.80. The van der Waals surface area contributed by atoms with Gasteiger partial charge in [-0.15, -0.1) is 0 Å². The molecule has 4 nitrogen and oxygen atoms in total. The van der Waals surface area contributed by atoms with Crippen molar-refractivity contribution in [3.05, 3.63) is 54.1 Å². The molecule has 4 aromatic rings. The average molecular weight is 319 g/mol. The van der Waals surface area contributed by atoms with Gasteiger partial charge < -0.3 is 9.15 Å². The van der Waals surface area contributed by atoms with Crippen molar-refractivity contribution in [1.29, 1.82) is 0 Å². The summed E-state index contributed by atoms with van der Waals surface area (Å²) in [5.41, 5.74) is 3.41. The number of benzene rings is 2. The first-order valence-electron chi connectivity index (χ1n) is 8.01. The lowest BCUT2D eigenvalue weighted by molar-refractivity contribution is 0.0461. The van der Waals surface area contributed by atoms with E-state index in [9.17, 15) is 4.79 Å². The molecule has 0 N–H and O–H groups in total. The quantitative estimate of drug-likeness (QED) is 0.501. The van der Waals surface area contributed by atoms with Crippen LogP contribution in [0, 0.1) is 5.92 Å². The summed E-state index contributed by atoms with van der Waals surface area (Å²) < 4.78 is 11.2. The van der Waals surface area contributed by atoms with Gasteiger partial charge in [0.15, 0.2) is 5.58 Å². The Morgan fingerprint density at radius 2 is 1.92 bits per heavy atom. The molecule has 120 valence electrons. The number of esters is 1. The van der Waals surface area contributed by atoms with Crippen molar-refractivity contribution in [2.24, 2.45) is 5.92 Å². The van der Waals surface area contributed by atoms with E-state index in [-0.39, 0.29) is 5.97 Å². The third-order valence-electron chi connectivity index (χ3n) is 3.94. The summed E-state index contributed by atoms with van der Waals surface area (Å²) in [6.45, 7) is 4.41. The molecule has 0 atom stereocenters. The first-order chi connectivity index (χ1) is 11.6. The van der Waals surface area contributed by atoms with E-state index in [1.807, 2.05) is 56.3 Å². The number of aromatic nitrogens is 1. The van der Waals surface area contributed by atoms with Crippen molar-refractivity contribution in [2.75, 3.05) is 6.61 Å². The minimum Gasteiger partial charge on any atom is -0.462 e. The van der Waals surface area contributed by atoms with Crippen LogP contribution < -0.4 is 0 Å². The molecule has 0 unspecified atom stereocenters. The average Bonchev–Trinajstić information content (AvgIpc) is 2.94. The topological polar surface area (TPSA) is 52.3 Å². The maximum atomic E-state index is 12.4. The molecule has 0 aliphatic rings. The van der Waals surface area contributed by atoms with Crippen LogP contribution >= 0.6 is 0 Å². The Labute approximate surface area is 139 Å². The Balaban J connectivity index is 1.92. The van der Waals surface area contributed by atoms with E-state index in [0.29, 0.717) is 23.6 Å². The van der Waals surface area contributed by atoms with E-state index in [2.05, 4.69) is 0 Å². The number of hydrogen-bond donors (Lipinski definition) is 0. The van der Waals surface area contributed by atoms with Crippen LogP contribution in [-0.4, -0.2) is 17.6 Å². The Hall–Kier alpha value is -2.88. The molecular formula is C20H17NO3. The zero-order valence-corrected chi connectivity index (χ0v) is 13.6. The third-order valence-corrected chi connectivity index (χ3v) is 3.94. The van der Waals surface area contributed by atoms with Gasteiger partial charge in [-0.05, 0) is 30.2 Å². The molecular weight excluding hydrogens is 302 g/mol. The zero-order chi connectivity index (χ0) is 16.7. The largest absolute Gasteiger partial charge is 0.462 e. The monoisotopic (exact) mass is 319 g/mol. The predicted molar refractivity (Wildman–Crippen MR) is 94.1 cm³/mol. The van der Waals surface area contributed by atoms with Crippen LogP contribution in [0.2, 0.25) is 0 Å². The van der Waals surface area contributed by atoms with E-state index in [1.54, 1.807) is 6.07 Å². The highest BCUT2D eigenvalue weighted by Crippen LogP contribution is 2.30. The molecule has 0 saturated carbocycles. The van der Waals surface area contributed by atoms with E-state index in [1.165, 1.54) is 0 Å². The standard InChI is InChI=1S/C20H17NO3/c1-12(2)11-23-20(22)15-8-5-6-13-10-17-19(21-18(13)15)14-7-3-4-9-16(14)24-17/h3-10,12H,11H2,1-2H3. The second-order valence-electron chi connectivity index (χ2n) is 6.30. The van der Waals surface area contributed by atoms with Gasteiger partial charge in [-0.2, -0.15) is 0 Å². The molecule has 0 aliphatic heterocycles. The van der Waals surface area contributed by atoms with E-state index >= 15 is 0 Å². The first-order valence-corrected chi connectivity index (χ1v) is 8.01. The van der Waals surface area contributed by atoms with Crippen LogP contribution in [-0.2, 0) is 4.74 Å². The fraction of sp³-hybridized carbons (Fsp3) is 0.200. The van der Waals surface area contributed by atoms with E-state index in [0.717, 1.165) is 27.5 Å². The normalized spacial score (nSPS) is 11.6. The highest BCUT2D eigenvalue weighted by atomic mass is 16.5. The molecule has 0 saturated heterocycles. The summed E-state index contributed by atoms with van der Waals surface area (Å²) in [6.07, 6.45) is 0. The van der Waals surface area contributed by atoms with Crippen LogP contribution in [0.5, 0.6) is 0 Å². The number of fused-ring (bicyclic) bond motifs is 4. The lowest BCUT2D eigenvalue weighted by Crippen LogP contribution is -2.11. The van der Waals surface area contributed by atoms with Gasteiger partial charge in [-0.1, -0.05) is 38.1 Å². The molecule has 4 rings (SSSR count). The van der Waals surface area contributed by atoms with Gasteiger partial charge in [0.25, 0.3) is 0 Å². The lowest BCUT2D eigenvalue weighted by atomic mass is 10.1. The highest BCUT2D eigenvalue weighted by molar-refractivity contribution is 6.09. The van der Waals surface area contributed by atoms with Crippen molar-refractivity contribution in [2.45, 2.75) is 13.8 Å². The minimum atomic E-state index is -0.339. The maximum absolute atomic E-state index is 12.4. The van der Waals surface area contributed by atoms with Crippen molar-refractivity contribution in [3.8, 4) is 0 Å². The second-order valence-corrected chi connectivity index (χ2v) is 6.30. The number of rotatable bonds is 3. The molecule has 0 bridgehead atoms. The van der Waals surface area contributed by atoms with Crippen LogP contribution in [0.4, 0.5) is 0 Å². The Morgan fingerprint density at radius 3 is 2.75 bits per heavy atom. The minimum absolute atomic E-state index is 0.293. The van der Waals surface area contributed by atoms with Gasteiger partial charge in [-0.25, -0.2) is 9.78 Å². The molecule has 4 heteroatoms. The first kappa shape index (κ1) is 14.7. The van der Waals surface area contributed by atoms with Crippen LogP contribution in [0.25, 0.3) is 33.0 Å². The molecule has 0 amide bonds. The molecule has 0 fully saturated rings. The van der Waals surface area contributed by atoms with Gasteiger partial charge >= 0.3 is 5.97 Å². The number of carbonyl (C=O) groups is 1. The smallest absolute Gasteiger partial charge is 0.340 e. The summed E-state index contributed by atoms with van der Waals surface area (Å²) in [6, 6.07) is 15.2. The van der Waals surface area contributed by atoms with Gasteiger partial charge in [0, 0.05) is 10.8 Å². The SMILES string of the molecule is CC(C)COC(=O)c1cccc2cc3oc4ccccc4c3nc12. The number of nitrogens with zero attached hydrogens (tertiary/aromatic N) is 1. The molecule has 0 spiro atoms. The molecule has 0 aliphatic carbocycles. The lowest BCUT2D eigenvalue weighted by Gasteiger charge is -2.08. The highest BCUT2D eigenvalue weighted by Gasteiger charge is 2.16. The van der Waals surface area contributed by atoms with Crippen molar-refractivity contribution in [1.82, 2.24) is 4.98 Å². The number of furan rings is 1. The van der Waals surface area contributed by atoms with Crippen molar-refractivity contribution < 1.29 is 13.9 Å². The van der Waals surface area contributed by atoms with Gasteiger partial charge in [-0.3, -0.25) is 0 Å². The number of ether oxygens (including phenoxy) is 1.